The van der Waals surface area contributed by atoms with Gasteiger partial charge in [0.25, 0.3) is 0 Å². The lowest BCUT2D eigenvalue weighted by atomic mass is 10.1. The molecule has 0 spiro atoms. The maximum absolute atomic E-state index is 8.55. The molecule has 1 heterocycles. The van der Waals surface area contributed by atoms with Gasteiger partial charge in [0.15, 0.2) is 6.10 Å². The van der Waals surface area contributed by atoms with E-state index in [1.165, 1.54) is 0 Å². The predicted molar refractivity (Wildman–Crippen MR) is 37.4 cm³/mol. The molecule has 0 aliphatic carbocycles. The summed E-state index contributed by atoms with van der Waals surface area (Å²) in [6.45, 7) is 3.66. The lowest BCUT2D eigenvalue weighted by Crippen LogP contribution is -2.35. The van der Waals surface area contributed by atoms with Crippen LogP contribution in [0.2, 0.25) is 0 Å². The Morgan fingerprint density at radius 2 is 2.60 bits per heavy atom. The Kier molecular flexibility index (Phi) is 2.67. The number of ether oxygens (including phenoxy) is 1. The van der Waals surface area contributed by atoms with Gasteiger partial charge in [0.2, 0.25) is 0 Å². The molecule has 56 valence electrons. The van der Waals surface area contributed by atoms with Crippen molar-refractivity contribution in [3.8, 4) is 6.07 Å². The Balaban J connectivity index is 2.36. The molecule has 2 atom stereocenters. The molecule has 0 aromatic rings. The third-order valence-electron chi connectivity index (χ3n) is 1.69. The summed E-state index contributed by atoms with van der Waals surface area (Å²) < 4.78 is 5.14. The first-order valence-corrected chi connectivity index (χ1v) is 3.63. The van der Waals surface area contributed by atoms with Crippen LogP contribution in [0.4, 0.5) is 0 Å². The molecule has 1 fully saturated rings. The zero-order valence-corrected chi connectivity index (χ0v) is 6.13. The van der Waals surface area contributed by atoms with Gasteiger partial charge in [0, 0.05) is 6.04 Å². The fraction of sp³-hybridized carbons (Fsp3) is 0.857. The molecule has 1 N–H and O–H groups in total. The Morgan fingerprint density at radius 3 is 3.20 bits per heavy atom. The number of rotatable bonds is 2. The Labute approximate surface area is 61.0 Å². The fourth-order valence-electron chi connectivity index (χ4n) is 1.19. The molecule has 2 unspecified atom stereocenters. The van der Waals surface area contributed by atoms with Gasteiger partial charge in [-0.05, 0) is 13.0 Å². The smallest absolute Gasteiger partial charge is 0.159 e. The molecule has 1 saturated heterocycles. The Morgan fingerprint density at radius 1 is 1.80 bits per heavy atom. The molecule has 10 heavy (non-hydrogen) atoms. The minimum atomic E-state index is -0.222. The van der Waals surface area contributed by atoms with Gasteiger partial charge in [-0.15, -0.1) is 0 Å². The highest BCUT2D eigenvalue weighted by atomic mass is 16.5. The van der Waals surface area contributed by atoms with Crippen LogP contribution in [0, 0.1) is 11.3 Å². The monoisotopic (exact) mass is 140 g/mol. The molecule has 0 saturated carbocycles. The summed E-state index contributed by atoms with van der Waals surface area (Å²) in [6, 6.07) is 2.37. The minimum Gasteiger partial charge on any atom is -0.362 e. The minimum absolute atomic E-state index is 0.222. The van der Waals surface area contributed by atoms with E-state index in [0.29, 0.717) is 0 Å². The average Bonchev–Trinajstić information content (AvgIpc) is 2.36. The van der Waals surface area contributed by atoms with Crippen molar-refractivity contribution in [1.29, 1.82) is 5.26 Å². The van der Waals surface area contributed by atoms with E-state index in [-0.39, 0.29) is 12.1 Å². The van der Waals surface area contributed by atoms with Crippen molar-refractivity contribution in [3.63, 3.8) is 0 Å². The van der Waals surface area contributed by atoms with Crippen molar-refractivity contribution in [3.05, 3.63) is 0 Å². The van der Waals surface area contributed by atoms with E-state index in [4.69, 9.17) is 10.00 Å². The van der Waals surface area contributed by atoms with Gasteiger partial charge < -0.3 is 10.1 Å². The van der Waals surface area contributed by atoms with Gasteiger partial charge in [-0.3, -0.25) is 0 Å². The number of nitriles is 1. The van der Waals surface area contributed by atoms with Gasteiger partial charge in [-0.1, -0.05) is 6.92 Å². The number of nitrogens with zero attached hydrogens (tertiary/aromatic N) is 1. The zero-order chi connectivity index (χ0) is 7.40. The largest absolute Gasteiger partial charge is 0.362 e. The molecule has 1 aliphatic rings. The number of hydrogen-bond acceptors (Lipinski definition) is 3. The first kappa shape index (κ1) is 7.52. The Hall–Kier alpha value is -0.590. The van der Waals surface area contributed by atoms with Crippen LogP contribution in [0.15, 0.2) is 0 Å². The Bertz CT molecular complexity index is 141. The lowest BCUT2D eigenvalue weighted by molar-refractivity contribution is 0.140. The summed E-state index contributed by atoms with van der Waals surface area (Å²) in [5, 5.41) is 11.7. The van der Waals surface area contributed by atoms with Crippen LogP contribution >= 0.6 is 0 Å². The first-order chi connectivity index (χ1) is 4.88. The van der Waals surface area contributed by atoms with Gasteiger partial charge in [-0.2, -0.15) is 5.26 Å². The summed E-state index contributed by atoms with van der Waals surface area (Å²) in [7, 11) is 0. The van der Waals surface area contributed by atoms with Crippen molar-refractivity contribution >= 4 is 0 Å². The molecular weight excluding hydrogens is 128 g/mol. The second kappa shape index (κ2) is 3.55. The number of nitrogens with one attached hydrogen (secondary N) is 1. The summed E-state index contributed by atoms with van der Waals surface area (Å²) >= 11 is 0. The highest BCUT2D eigenvalue weighted by Gasteiger charge is 2.26. The van der Waals surface area contributed by atoms with Crippen LogP contribution in [0.1, 0.15) is 13.3 Å². The molecular formula is C7H12N2O. The van der Waals surface area contributed by atoms with Crippen molar-refractivity contribution in [2.45, 2.75) is 25.5 Å². The van der Waals surface area contributed by atoms with E-state index >= 15 is 0 Å². The van der Waals surface area contributed by atoms with Crippen LogP contribution in [-0.2, 0) is 4.74 Å². The van der Waals surface area contributed by atoms with E-state index in [0.717, 1.165) is 19.6 Å². The highest BCUT2D eigenvalue weighted by molar-refractivity contribution is 4.97. The van der Waals surface area contributed by atoms with Gasteiger partial charge in [0.1, 0.15) is 0 Å². The topological polar surface area (TPSA) is 45.0 Å². The molecule has 1 aliphatic heterocycles. The number of hydrogen-bond donors (Lipinski definition) is 1. The van der Waals surface area contributed by atoms with Crippen LogP contribution in [0.3, 0.4) is 0 Å². The summed E-state index contributed by atoms with van der Waals surface area (Å²) in [4.78, 5) is 0. The van der Waals surface area contributed by atoms with Crippen LogP contribution in [0.25, 0.3) is 0 Å². The average molecular weight is 140 g/mol. The quantitative estimate of drug-likeness (QED) is 0.599. The molecule has 1 rings (SSSR count). The molecule has 0 bridgehead atoms. The predicted octanol–water partition coefficient (Wildman–Crippen LogP) is 0.277. The maximum atomic E-state index is 8.55. The van der Waals surface area contributed by atoms with Crippen molar-refractivity contribution in [2.75, 3.05) is 13.2 Å². The third kappa shape index (κ3) is 1.47. The van der Waals surface area contributed by atoms with Crippen LogP contribution < -0.4 is 5.32 Å². The third-order valence-corrected chi connectivity index (χ3v) is 1.69. The standard InChI is InChI=1S/C7H12N2O/c1-2-9-6-3-4-10-7(6)5-8/h6-7,9H,2-4H2,1H3. The normalized spacial score (nSPS) is 32.0. The summed E-state index contributed by atoms with van der Waals surface area (Å²) in [5.41, 5.74) is 0. The summed E-state index contributed by atoms with van der Waals surface area (Å²) in [5.74, 6) is 0. The van der Waals surface area contributed by atoms with Gasteiger partial charge in [0.05, 0.1) is 12.7 Å². The molecule has 0 amide bonds. The fourth-order valence-corrected chi connectivity index (χ4v) is 1.19. The van der Waals surface area contributed by atoms with E-state index in [1.807, 2.05) is 6.92 Å². The van der Waals surface area contributed by atoms with Gasteiger partial charge >= 0.3 is 0 Å². The zero-order valence-electron chi connectivity index (χ0n) is 6.13. The van der Waals surface area contributed by atoms with E-state index in [2.05, 4.69) is 11.4 Å². The van der Waals surface area contributed by atoms with Crippen LogP contribution in [-0.4, -0.2) is 25.3 Å². The maximum Gasteiger partial charge on any atom is 0.159 e. The first-order valence-electron chi connectivity index (χ1n) is 3.63. The molecule has 0 aromatic heterocycles. The van der Waals surface area contributed by atoms with Crippen molar-refractivity contribution < 1.29 is 4.74 Å². The molecule has 0 aromatic carbocycles. The molecule has 3 heteroatoms. The SMILES string of the molecule is CCNC1CCOC1C#N. The van der Waals surface area contributed by atoms with Crippen LogP contribution in [0.5, 0.6) is 0 Å². The second-order valence-corrected chi connectivity index (χ2v) is 2.37. The number of likely N-dealkylation sites (N-methyl/N-ethyl adjacent to an activating group) is 1. The van der Waals surface area contributed by atoms with Crippen molar-refractivity contribution in [2.24, 2.45) is 0 Å². The second-order valence-electron chi connectivity index (χ2n) is 2.37. The van der Waals surface area contributed by atoms with Gasteiger partial charge in [-0.25, -0.2) is 0 Å². The van der Waals surface area contributed by atoms with E-state index in [1.54, 1.807) is 0 Å². The van der Waals surface area contributed by atoms with Crippen molar-refractivity contribution in [1.82, 2.24) is 5.32 Å². The lowest BCUT2D eigenvalue weighted by Gasteiger charge is -2.11. The van der Waals surface area contributed by atoms with E-state index < -0.39 is 0 Å². The summed E-state index contributed by atoms with van der Waals surface area (Å²) in [6.07, 6.45) is 0.742. The highest BCUT2D eigenvalue weighted by Crippen LogP contribution is 2.11. The molecule has 0 radical (unpaired) electrons. The van der Waals surface area contributed by atoms with E-state index in [9.17, 15) is 0 Å². The molecule has 3 nitrogen and oxygen atoms in total.